The molecule has 0 saturated heterocycles. The van der Waals surface area contributed by atoms with Crippen molar-refractivity contribution in [3.63, 3.8) is 0 Å². The van der Waals surface area contributed by atoms with Gasteiger partial charge in [0.15, 0.2) is 0 Å². The Morgan fingerprint density at radius 1 is 1.22 bits per heavy atom. The van der Waals surface area contributed by atoms with Crippen molar-refractivity contribution in [3.05, 3.63) is 35.7 Å². The summed E-state index contributed by atoms with van der Waals surface area (Å²) in [7, 11) is 0. The lowest BCUT2D eigenvalue weighted by molar-refractivity contribution is 0.0194. The molecule has 6 heteroatoms. The van der Waals surface area contributed by atoms with Crippen LogP contribution in [0.4, 0.5) is 4.79 Å². The molecule has 1 aliphatic rings. The summed E-state index contributed by atoms with van der Waals surface area (Å²) in [6.45, 7) is 9.41. The van der Waals surface area contributed by atoms with E-state index >= 15 is 0 Å². The third kappa shape index (κ3) is 3.52. The van der Waals surface area contributed by atoms with Crippen LogP contribution in [0.15, 0.2) is 24.4 Å². The van der Waals surface area contributed by atoms with Gasteiger partial charge in [-0.2, -0.15) is 5.10 Å². The van der Waals surface area contributed by atoms with Gasteiger partial charge in [-0.05, 0) is 45.4 Å². The molecule has 0 spiro atoms. The number of aromatic nitrogens is 3. The molecular weight excluding hydrogens is 292 g/mol. The number of nitrogens with zero attached hydrogens (tertiary/aromatic N) is 4. The molecule has 0 saturated carbocycles. The molecule has 3 heterocycles. The van der Waals surface area contributed by atoms with Crippen molar-refractivity contribution in [2.24, 2.45) is 0 Å². The Labute approximate surface area is 136 Å². The highest BCUT2D eigenvalue weighted by molar-refractivity contribution is 5.68. The standard InChI is InChI=1S/C17H22N4O2/c1-12-5-6-14(18-10-12)15-9-13-11-20(7-8-21(13)19-15)16(22)23-17(2,3)4/h5-6,9-10H,7-8,11H2,1-4H3. The minimum atomic E-state index is -0.480. The summed E-state index contributed by atoms with van der Waals surface area (Å²) < 4.78 is 7.38. The number of hydrogen-bond acceptors (Lipinski definition) is 4. The van der Waals surface area contributed by atoms with Crippen LogP contribution in [0, 0.1) is 6.92 Å². The minimum Gasteiger partial charge on any atom is -0.444 e. The molecule has 0 fully saturated rings. The number of carbonyl (C=O) groups excluding carboxylic acids is 1. The quantitative estimate of drug-likeness (QED) is 0.812. The fourth-order valence-electron chi connectivity index (χ4n) is 2.49. The van der Waals surface area contributed by atoms with Crippen LogP contribution in [0.25, 0.3) is 11.4 Å². The number of carbonyl (C=O) groups is 1. The van der Waals surface area contributed by atoms with Gasteiger partial charge in [0.2, 0.25) is 0 Å². The van der Waals surface area contributed by atoms with E-state index in [1.807, 2.05) is 56.8 Å². The van der Waals surface area contributed by atoms with Gasteiger partial charge >= 0.3 is 6.09 Å². The molecule has 0 aliphatic carbocycles. The van der Waals surface area contributed by atoms with Gasteiger partial charge in [-0.3, -0.25) is 9.67 Å². The zero-order chi connectivity index (χ0) is 16.6. The van der Waals surface area contributed by atoms with Crippen LogP contribution in [0.1, 0.15) is 32.0 Å². The second-order valence-corrected chi connectivity index (χ2v) is 6.87. The molecule has 122 valence electrons. The molecule has 0 radical (unpaired) electrons. The Morgan fingerprint density at radius 2 is 2.00 bits per heavy atom. The highest BCUT2D eigenvalue weighted by Gasteiger charge is 2.26. The maximum absolute atomic E-state index is 12.2. The summed E-state index contributed by atoms with van der Waals surface area (Å²) in [5, 5.41) is 4.59. The molecule has 1 aliphatic heterocycles. The number of pyridine rings is 1. The van der Waals surface area contributed by atoms with Crippen molar-refractivity contribution in [3.8, 4) is 11.4 Å². The Kier molecular flexibility index (Phi) is 3.83. The fourth-order valence-corrected chi connectivity index (χ4v) is 2.49. The van der Waals surface area contributed by atoms with E-state index in [0.717, 1.165) is 22.6 Å². The zero-order valence-electron chi connectivity index (χ0n) is 14.0. The van der Waals surface area contributed by atoms with Crippen molar-refractivity contribution in [1.82, 2.24) is 19.7 Å². The molecule has 2 aromatic rings. The van der Waals surface area contributed by atoms with Crippen molar-refractivity contribution >= 4 is 6.09 Å². The SMILES string of the molecule is Cc1ccc(-c2cc3n(n2)CCN(C(=O)OC(C)(C)C)C3)nc1. The predicted octanol–water partition coefficient (Wildman–Crippen LogP) is 3.00. The fraction of sp³-hybridized carbons (Fsp3) is 0.471. The molecule has 0 unspecified atom stereocenters. The molecule has 0 aromatic carbocycles. The predicted molar refractivity (Wildman–Crippen MR) is 86.8 cm³/mol. The second kappa shape index (κ2) is 5.68. The first-order valence-electron chi connectivity index (χ1n) is 7.79. The summed E-state index contributed by atoms with van der Waals surface area (Å²) in [6.07, 6.45) is 1.56. The lowest BCUT2D eigenvalue weighted by Crippen LogP contribution is -2.41. The minimum absolute atomic E-state index is 0.278. The summed E-state index contributed by atoms with van der Waals surface area (Å²) in [5.41, 5.74) is 3.33. The van der Waals surface area contributed by atoms with Crippen LogP contribution in [0.3, 0.4) is 0 Å². The Hall–Kier alpha value is -2.37. The van der Waals surface area contributed by atoms with E-state index in [-0.39, 0.29) is 6.09 Å². The molecule has 23 heavy (non-hydrogen) atoms. The average Bonchev–Trinajstić information content (AvgIpc) is 2.89. The number of ether oxygens (including phenoxy) is 1. The normalized spacial score (nSPS) is 14.5. The van der Waals surface area contributed by atoms with Gasteiger partial charge in [0.1, 0.15) is 11.3 Å². The lowest BCUT2D eigenvalue weighted by Gasteiger charge is -2.30. The first-order valence-corrected chi connectivity index (χ1v) is 7.79. The van der Waals surface area contributed by atoms with Crippen LogP contribution < -0.4 is 0 Å². The van der Waals surface area contributed by atoms with E-state index in [0.29, 0.717) is 19.6 Å². The molecule has 3 rings (SSSR count). The third-order valence-corrected chi connectivity index (χ3v) is 3.62. The van der Waals surface area contributed by atoms with Crippen LogP contribution in [-0.2, 0) is 17.8 Å². The van der Waals surface area contributed by atoms with Gasteiger partial charge in [0.05, 0.1) is 24.5 Å². The molecule has 0 bridgehead atoms. The summed E-state index contributed by atoms with van der Waals surface area (Å²) in [5.74, 6) is 0. The Bertz CT molecular complexity index is 713. The van der Waals surface area contributed by atoms with Crippen LogP contribution in [0.5, 0.6) is 0 Å². The monoisotopic (exact) mass is 314 g/mol. The highest BCUT2D eigenvalue weighted by atomic mass is 16.6. The van der Waals surface area contributed by atoms with Crippen LogP contribution in [-0.4, -0.2) is 37.9 Å². The molecule has 6 nitrogen and oxygen atoms in total. The average molecular weight is 314 g/mol. The van der Waals surface area contributed by atoms with Crippen molar-refractivity contribution < 1.29 is 9.53 Å². The van der Waals surface area contributed by atoms with Gasteiger partial charge in [-0.25, -0.2) is 4.79 Å². The number of fused-ring (bicyclic) bond motifs is 1. The van der Waals surface area contributed by atoms with E-state index in [4.69, 9.17) is 4.74 Å². The number of aryl methyl sites for hydroxylation is 1. The van der Waals surface area contributed by atoms with Crippen LogP contribution in [0.2, 0.25) is 0 Å². The summed E-state index contributed by atoms with van der Waals surface area (Å²) in [4.78, 5) is 18.3. The molecule has 0 N–H and O–H groups in total. The number of hydrogen-bond donors (Lipinski definition) is 0. The third-order valence-electron chi connectivity index (χ3n) is 3.62. The second-order valence-electron chi connectivity index (χ2n) is 6.87. The van der Waals surface area contributed by atoms with Crippen LogP contribution >= 0.6 is 0 Å². The number of amides is 1. The van der Waals surface area contributed by atoms with Crippen molar-refractivity contribution in [2.75, 3.05) is 6.54 Å². The van der Waals surface area contributed by atoms with Gasteiger partial charge < -0.3 is 9.64 Å². The Balaban J connectivity index is 1.77. The topological polar surface area (TPSA) is 60.2 Å². The zero-order valence-corrected chi connectivity index (χ0v) is 14.0. The molecular formula is C17H22N4O2. The molecule has 1 amide bonds. The van der Waals surface area contributed by atoms with Gasteiger partial charge in [-0.1, -0.05) is 6.07 Å². The maximum atomic E-state index is 12.2. The van der Waals surface area contributed by atoms with E-state index < -0.39 is 5.60 Å². The smallest absolute Gasteiger partial charge is 0.410 e. The maximum Gasteiger partial charge on any atom is 0.410 e. The first-order chi connectivity index (χ1) is 10.8. The van der Waals surface area contributed by atoms with Gasteiger partial charge in [0, 0.05) is 12.7 Å². The van der Waals surface area contributed by atoms with Crippen molar-refractivity contribution in [1.29, 1.82) is 0 Å². The largest absolute Gasteiger partial charge is 0.444 e. The first kappa shape index (κ1) is 15.5. The van der Waals surface area contributed by atoms with Crippen molar-refractivity contribution in [2.45, 2.75) is 46.4 Å². The lowest BCUT2D eigenvalue weighted by atomic mass is 10.2. The van der Waals surface area contributed by atoms with E-state index in [1.165, 1.54) is 0 Å². The van der Waals surface area contributed by atoms with Gasteiger partial charge in [-0.15, -0.1) is 0 Å². The molecule has 0 atom stereocenters. The van der Waals surface area contributed by atoms with Gasteiger partial charge in [0.25, 0.3) is 0 Å². The molecule has 2 aromatic heterocycles. The Morgan fingerprint density at radius 3 is 2.65 bits per heavy atom. The van der Waals surface area contributed by atoms with E-state index in [2.05, 4.69) is 10.1 Å². The summed E-state index contributed by atoms with van der Waals surface area (Å²) in [6, 6.07) is 5.98. The summed E-state index contributed by atoms with van der Waals surface area (Å²) >= 11 is 0. The number of rotatable bonds is 1. The van der Waals surface area contributed by atoms with E-state index in [9.17, 15) is 4.79 Å². The van der Waals surface area contributed by atoms with E-state index in [1.54, 1.807) is 4.90 Å². The highest BCUT2D eigenvalue weighted by Crippen LogP contribution is 2.22.